The fraction of sp³-hybridized carbons (Fsp3) is 0.448. The number of nitrogens with one attached hydrogen (secondary N) is 1. The molecule has 2 aromatic rings. The van der Waals surface area contributed by atoms with Crippen LogP contribution in [0.5, 0.6) is 0 Å². The van der Waals surface area contributed by atoms with Crippen molar-refractivity contribution in [3.05, 3.63) is 70.8 Å². The second kappa shape index (κ2) is 9.11. The molecule has 4 unspecified atom stereocenters. The Bertz CT molecular complexity index is 1330. The number of aliphatic hydroxyl groups excluding tert-OH is 1. The van der Waals surface area contributed by atoms with Gasteiger partial charge in [0.1, 0.15) is 28.7 Å². The lowest BCUT2D eigenvalue weighted by molar-refractivity contribution is 0.427. The summed E-state index contributed by atoms with van der Waals surface area (Å²) in [4.78, 5) is 11.5. The number of piperazine rings is 1. The Morgan fingerprint density at radius 2 is 1.89 bits per heavy atom. The molecule has 4 bridgehead atoms. The average molecular weight is 491 g/mol. The molecule has 4 aliphatic rings. The van der Waals surface area contributed by atoms with Gasteiger partial charge in [-0.2, -0.15) is 0 Å². The molecule has 1 aromatic carbocycles. The van der Waals surface area contributed by atoms with Crippen LogP contribution in [0.4, 0.5) is 14.6 Å². The molecule has 0 amide bonds. The Morgan fingerprint density at radius 1 is 1.11 bits per heavy atom. The van der Waals surface area contributed by atoms with Gasteiger partial charge in [-0.05, 0) is 55.4 Å². The number of fused-ring (bicyclic) bond motifs is 5. The highest BCUT2D eigenvalue weighted by molar-refractivity contribution is 5.93. The number of benzene rings is 1. The molecule has 0 radical (unpaired) electrons. The van der Waals surface area contributed by atoms with Gasteiger partial charge in [0.2, 0.25) is 0 Å². The fourth-order valence-corrected chi connectivity index (χ4v) is 6.39. The topological polar surface area (TPSA) is 61.3 Å². The van der Waals surface area contributed by atoms with E-state index in [1.807, 2.05) is 25.2 Å². The maximum Gasteiger partial charge on any atom is 0.160 e. The zero-order chi connectivity index (χ0) is 25.0. The predicted octanol–water partition coefficient (Wildman–Crippen LogP) is 5.78. The molecule has 0 spiro atoms. The van der Waals surface area contributed by atoms with Gasteiger partial charge in [-0.15, -0.1) is 0 Å². The third-order valence-corrected chi connectivity index (χ3v) is 8.13. The predicted molar refractivity (Wildman–Crippen MR) is 139 cm³/mol. The van der Waals surface area contributed by atoms with Crippen LogP contribution < -0.4 is 10.2 Å². The molecule has 36 heavy (non-hydrogen) atoms. The third kappa shape index (κ3) is 3.94. The van der Waals surface area contributed by atoms with Crippen LogP contribution in [0.1, 0.15) is 50.9 Å². The lowest BCUT2D eigenvalue weighted by atomic mass is 9.80. The summed E-state index contributed by atoms with van der Waals surface area (Å²) in [5.41, 5.74) is 1.62. The normalized spacial score (nSPS) is 27.4. The van der Waals surface area contributed by atoms with Crippen molar-refractivity contribution in [2.75, 3.05) is 18.0 Å². The largest absolute Gasteiger partial charge is 0.508 e. The van der Waals surface area contributed by atoms with E-state index in [0.29, 0.717) is 47.5 Å². The van der Waals surface area contributed by atoms with Crippen LogP contribution in [0.15, 0.2) is 47.8 Å². The number of hydrogen-bond donors (Lipinski definition) is 2. The van der Waals surface area contributed by atoms with Crippen molar-refractivity contribution in [2.24, 2.45) is 11.8 Å². The van der Waals surface area contributed by atoms with Gasteiger partial charge < -0.3 is 15.3 Å². The number of aromatic nitrogens is 2. The van der Waals surface area contributed by atoms with Crippen LogP contribution in [-0.4, -0.2) is 40.2 Å². The molecular formula is C29H32F2N4O. The van der Waals surface area contributed by atoms with Crippen LogP contribution in [-0.2, 0) is 6.42 Å². The van der Waals surface area contributed by atoms with Crippen molar-refractivity contribution < 1.29 is 13.9 Å². The van der Waals surface area contributed by atoms with E-state index in [4.69, 9.17) is 4.98 Å². The van der Waals surface area contributed by atoms with Crippen LogP contribution in [0.25, 0.3) is 16.5 Å². The summed E-state index contributed by atoms with van der Waals surface area (Å²) in [6, 6.07) is 2.14. The summed E-state index contributed by atoms with van der Waals surface area (Å²) in [7, 11) is 0. The summed E-state index contributed by atoms with van der Waals surface area (Å²) in [6.45, 7) is 5.53. The molecule has 2 fully saturated rings. The molecule has 1 aromatic heterocycles. The number of aryl methyl sites for hydroxylation is 1. The van der Waals surface area contributed by atoms with E-state index in [1.165, 1.54) is 12.1 Å². The Balaban J connectivity index is 1.53. The maximum absolute atomic E-state index is 16.4. The van der Waals surface area contributed by atoms with Gasteiger partial charge in [0, 0.05) is 42.9 Å². The van der Waals surface area contributed by atoms with Crippen molar-refractivity contribution >= 4 is 22.3 Å². The highest BCUT2D eigenvalue weighted by Crippen LogP contribution is 2.44. The van der Waals surface area contributed by atoms with E-state index in [0.717, 1.165) is 37.9 Å². The first-order valence-corrected chi connectivity index (χ1v) is 13.1. The molecule has 0 saturated carbocycles. The third-order valence-electron chi connectivity index (χ3n) is 8.13. The number of aliphatic hydroxyl groups is 1. The molecule has 4 atom stereocenters. The number of hydrogen-bond acceptors (Lipinski definition) is 5. The lowest BCUT2D eigenvalue weighted by Crippen LogP contribution is -2.51. The number of anilines is 1. The van der Waals surface area contributed by atoms with Gasteiger partial charge in [0.15, 0.2) is 5.82 Å². The van der Waals surface area contributed by atoms with E-state index in [1.54, 1.807) is 6.08 Å². The Kier molecular flexibility index (Phi) is 5.91. The summed E-state index contributed by atoms with van der Waals surface area (Å²) in [5, 5.41) is 14.6. The molecule has 2 aliphatic heterocycles. The van der Waals surface area contributed by atoms with E-state index in [9.17, 15) is 5.11 Å². The smallest absolute Gasteiger partial charge is 0.160 e. The van der Waals surface area contributed by atoms with E-state index >= 15 is 8.78 Å². The van der Waals surface area contributed by atoms with Crippen molar-refractivity contribution in [1.82, 2.24) is 15.3 Å². The number of allylic oxidation sites excluding steroid dienone is 7. The van der Waals surface area contributed by atoms with Crippen molar-refractivity contribution in [3.8, 4) is 0 Å². The molecule has 5 nitrogen and oxygen atoms in total. The van der Waals surface area contributed by atoms with Gasteiger partial charge in [0.05, 0.1) is 5.56 Å². The van der Waals surface area contributed by atoms with Gasteiger partial charge in [-0.25, -0.2) is 18.7 Å². The second-order valence-electron chi connectivity index (χ2n) is 10.4. The van der Waals surface area contributed by atoms with Crippen LogP contribution in [0.2, 0.25) is 0 Å². The molecule has 2 N–H and O–H groups in total. The summed E-state index contributed by atoms with van der Waals surface area (Å²) in [6.07, 6.45) is 13.5. The summed E-state index contributed by atoms with van der Waals surface area (Å²) >= 11 is 0. The second-order valence-corrected chi connectivity index (χ2v) is 10.4. The SMILES string of the molecule is CCC1=CC=CC2C=C(O)C=C(c3c(F)cc4c(N5CC6CCC(C5)N6)nc(CC)nc4c3F)C1C2. The zero-order valence-electron chi connectivity index (χ0n) is 20.8. The maximum atomic E-state index is 16.4. The van der Waals surface area contributed by atoms with E-state index < -0.39 is 11.6 Å². The Labute approximate surface area is 210 Å². The highest BCUT2D eigenvalue weighted by atomic mass is 19.1. The van der Waals surface area contributed by atoms with Gasteiger partial charge in [0.25, 0.3) is 0 Å². The standard InChI is InChI=1S/C29H32F2N4O/c1-3-17-7-5-6-16-10-20(36)12-22(21(17)11-16)26-24(30)13-23-28(27(26)31)33-25(4-2)34-29(23)35-14-18-8-9-19(15-35)32-18/h5-7,10,12-13,16,18-19,21,32,36H,3-4,8-9,11,14-15H2,1-2H3. The number of nitrogens with zero attached hydrogens (tertiary/aromatic N) is 3. The first kappa shape index (κ1) is 23.3. The highest BCUT2D eigenvalue weighted by Gasteiger charge is 2.35. The monoisotopic (exact) mass is 490 g/mol. The first-order valence-electron chi connectivity index (χ1n) is 13.1. The van der Waals surface area contributed by atoms with Gasteiger partial charge in [-0.3, -0.25) is 0 Å². The zero-order valence-corrected chi connectivity index (χ0v) is 20.8. The molecule has 7 heteroatoms. The van der Waals surface area contributed by atoms with Crippen molar-refractivity contribution in [2.45, 2.75) is 58.0 Å². The van der Waals surface area contributed by atoms with Gasteiger partial charge in [-0.1, -0.05) is 37.6 Å². The Morgan fingerprint density at radius 3 is 2.61 bits per heavy atom. The molecular weight excluding hydrogens is 458 g/mol. The first-order chi connectivity index (χ1) is 17.4. The molecule has 3 heterocycles. The van der Waals surface area contributed by atoms with Crippen LogP contribution in [0.3, 0.4) is 0 Å². The minimum Gasteiger partial charge on any atom is -0.508 e. The van der Waals surface area contributed by atoms with Crippen LogP contribution >= 0.6 is 0 Å². The van der Waals surface area contributed by atoms with Gasteiger partial charge >= 0.3 is 0 Å². The Hall–Kier alpha value is -3.06. The van der Waals surface area contributed by atoms with Crippen LogP contribution in [0, 0.1) is 23.5 Å². The lowest BCUT2D eigenvalue weighted by Gasteiger charge is -2.34. The molecule has 2 saturated heterocycles. The molecule has 2 aliphatic carbocycles. The quantitative estimate of drug-likeness (QED) is 0.569. The minimum atomic E-state index is -0.674. The summed E-state index contributed by atoms with van der Waals surface area (Å²) in [5.74, 6) is -0.320. The van der Waals surface area contributed by atoms with Crippen molar-refractivity contribution in [1.29, 1.82) is 0 Å². The van der Waals surface area contributed by atoms with E-state index in [2.05, 4.69) is 22.1 Å². The average Bonchev–Trinajstić information content (AvgIpc) is 3.01. The molecule has 6 rings (SSSR count). The summed E-state index contributed by atoms with van der Waals surface area (Å²) < 4.78 is 32.4. The minimum absolute atomic E-state index is 0.000619. The number of halogens is 2. The fourth-order valence-electron chi connectivity index (χ4n) is 6.39. The number of rotatable bonds is 4. The van der Waals surface area contributed by atoms with E-state index in [-0.39, 0.29) is 28.7 Å². The van der Waals surface area contributed by atoms with Crippen molar-refractivity contribution in [3.63, 3.8) is 0 Å². The molecule has 188 valence electrons.